The third-order valence-corrected chi connectivity index (χ3v) is 3.68. The third-order valence-electron chi connectivity index (χ3n) is 3.13. The first-order valence-electron chi connectivity index (χ1n) is 5.18. The van der Waals surface area contributed by atoms with Gasteiger partial charge in [-0.1, -0.05) is 34.2 Å². The van der Waals surface area contributed by atoms with Gasteiger partial charge in [-0.25, -0.2) is 0 Å². The molecule has 1 aromatic heterocycles. The summed E-state index contributed by atoms with van der Waals surface area (Å²) in [5.74, 6) is 0. The number of fused-ring (bicyclic) bond motifs is 3. The zero-order valence-electron chi connectivity index (χ0n) is 8.63. The minimum atomic E-state index is 1.02. The van der Waals surface area contributed by atoms with Gasteiger partial charge in [-0.05, 0) is 28.6 Å². The Morgan fingerprint density at radius 2 is 2.13 bits per heavy atom. The molecule has 0 unspecified atom stereocenters. The molecule has 3 rings (SSSR count). The maximum atomic E-state index is 3.58. The van der Waals surface area contributed by atoms with E-state index in [2.05, 4.69) is 57.9 Å². The summed E-state index contributed by atoms with van der Waals surface area (Å²) in [4.78, 5) is 0. The van der Waals surface area contributed by atoms with Gasteiger partial charge in [-0.15, -0.1) is 0 Å². The first kappa shape index (κ1) is 9.22. The van der Waals surface area contributed by atoms with Crippen molar-refractivity contribution in [3.05, 3.63) is 38.5 Å². The van der Waals surface area contributed by atoms with Crippen LogP contribution in [0.3, 0.4) is 0 Å². The van der Waals surface area contributed by atoms with E-state index in [1.807, 2.05) is 0 Å². The molecule has 0 atom stereocenters. The summed E-state index contributed by atoms with van der Waals surface area (Å²) in [6.07, 6.45) is 13.2. The molecule has 1 heterocycles. The first-order valence-corrected chi connectivity index (χ1v) is 5.97. The van der Waals surface area contributed by atoms with Crippen LogP contribution in [0, 0.1) is 0 Å². The minimum absolute atomic E-state index is 1.02. The monoisotopic (exact) mass is 261 g/mol. The highest BCUT2D eigenvalue weighted by atomic mass is 79.9. The van der Waals surface area contributed by atoms with Crippen LogP contribution < -0.4 is 10.7 Å². The SMILES string of the molecule is Cn1c2c(c3c1=CC=C(Br)C3)C=CCC=2. The van der Waals surface area contributed by atoms with Gasteiger partial charge in [0.1, 0.15) is 0 Å². The fourth-order valence-corrected chi connectivity index (χ4v) is 2.81. The largest absolute Gasteiger partial charge is 0.344 e. The van der Waals surface area contributed by atoms with E-state index in [-0.39, 0.29) is 0 Å². The number of aromatic nitrogens is 1. The molecule has 0 saturated carbocycles. The van der Waals surface area contributed by atoms with Gasteiger partial charge >= 0.3 is 0 Å². The lowest BCUT2D eigenvalue weighted by Crippen LogP contribution is -2.25. The molecule has 15 heavy (non-hydrogen) atoms. The second-order valence-electron chi connectivity index (χ2n) is 4.02. The highest BCUT2D eigenvalue weighted by Crippen LogP contribution is 2.18. The topological polar surface area (TPSA) is 4.93 Å². The second kappa shape index (κ2) is 3.24. The van der Waals surface area contributed by atoms with E-state index in [0.29, 0.717) is 0 Å². The Morgan fingerprint density at radius 1 is 1.27 bits per heavy atom. The molecule has 0 amide bonds. The number of allylic oxidation sites excluding steroid dienone is 3. The average molecular weight is 262 g/mol. The molecule has 76 valence electrons. The van der Waals surface area contributed by atoms with Crippen molar-refractivity contribution < 1.29 is 0 Å². The minimum Gasteiger partial charge on any atom is -0.344 e. The van der Waals surface area contributed by atoms with E-state index in [4.69, 9.17) is 0 Å². The number of rotatable bonds is 0. The Labute approximate surface area is 97.2 Å². The van der Waals surface area contributed by atoms with Crippen molar-refractivity contribution in [1.82, 2.24) is 4.57 Å². The summed E-state index contributed by atoms with van der Waals surface area (Å²) in [6.45, 7) is 0. The Kier molecular flexibility index (Phi) is 1.99. The lowest BCUT2D eigenvalue weighted by Gasteiger charge is -2.04. The molecule has 1 nitrogen and oxygen atoms in total. The zero-order valence-corrected chi connectivity index (χ0v) is 10.2. The van der Waals surface area contributed by atoms with Crippen LogP contribution in [0.2, 0.25) is 0 Å². The van der Waals surface area contributed by atoms with E-state index in [1.165, 1.54) is 26.3 Å². The van der Waals surface area contributed by atoms with Crippen molar-refractivity contribution in [3.8, 4) is 0 Å². The van der Waals surface area contributed by atoms with Crippen LogP contribution in [-0.4, -0.2) is 4.57 Å². The Bertz CT molecular complexity index is 599. The van der Waals surface area contributed by atoms with Crippen LogP contribution >= 0.6 is 15.9 Å². The standard InChI is InChI=1S/C13H12BrN/c1-15-12-5-3-2-4-10(12)11-8-9(14)6-7-13(11)15/h2,4-7H,3,8H2,1H3. The highest BCUT2D eigenvalue weighted by molar-refractivity contribution is 9.11. The van der Waals surface area contributed by atoms with Crippen molar-refractivity contribution in [2.45, 2.75) is 12.8 Å². The smallest absolute Gasteiger partial charge is 0.0451 e. The predicted molar refractivity (Wildman–Crippen MR) is 68.0 cm³/mol. The molecular formula is C13H12BrN. The Balaban J connectivity index is 2.42. The van der Waals surface area contributed by atoms with Crippen LogP contribution in [0.5, 0.6) is 0 Å². The Hall–Kier alpha value is -1.02. The molecule has 0 bridgehead atoms. The molecule has 2 aliphatic carbocycles. The third kappa shape index (κ3) is 1.28. The van der Waals surface area contributed by atoms with E-state index in [0.717, 1.165) is 12.8 Å². The molecule has 1 aromatic rings. The molecule has 0 aromatic carbocycles. The van der Waals surface area contributed by atoms with Gasteiger partial charge in [-0.2, -0.15) is 0 Å². The van der Waals surface area contributed by atoms with Gasteiger partial charge in [0.25, 0.3) is 0 Å². The molecule has 0 aliphatic heterocycles. The molecule has 2 heteroatoms. The summed E-state index contributed by atoms with van der Waals surface area (Å²) >= 11 is 3.58. The summed E-state index contributed by atoms with van der Waals surface area (Å²) in [6, 6.07) is 0. The van der Waals surface area contributed by atoms with Gasteiger partial charge in [-0.3, -0.25) is 0 Å². The highest BCUT2D eigenvalue weighted by Gasteiger charge is 2.14. The van der Waals surface area contributed by atoms with Crippen LogP contribution in [0.25, 0.3) is 18.2 Å². The summed E-state index contributed by atoms with van der Waals surface area (Å²) in [5, 5.41) is 2.72. The number of halogens is 1. The quantitative estimate of drug-likeness (QED) is 0.672. The number of hydrogen-bond acceptors (Lipinski definition) is 0. The van der Waals surface area contributed by atoms with E-state index >= 15 is 0 Å². The van der Waals surface area contributed by atoms with Crippen LogP contribution in [0.1, 0.15) is 17.5 Å². The predicted octanol–water partition coefficient (Wildman–Crippen LogP) is 1.84. The molecule has 0 saturated heterocycles. The maximum Gasteiger partial charge on any atom is 0.0451 e. The van der Waals surface area contributed by atoms with Gasteiger partial charge in [0.15, 0.2) is 0 Å². The van der Waals surface area contributed by atoms with Crippen molar-refractivity contribution in [3.63, 3.8) is 0 Å². The normalized spacial score (nSPS) is 17.3. The van der Waals surface area contributed by atoms with Gasteiger partial charge in [0, 0.05) is 29.7 Å². The fraction of sp³-hybridized carbons (Fsp3) is 0.231. The number of hydrogen-bond donors (Lipinski definition) is 0. The summed E-state index contributed by atoms with van der Waals surface area (Å²) < 4.78 is 3.56. The molecule has 2 aliphatic rings. The maximum absolute atomic E-state index is 3.58. The molecule has 0 fully saturated rings. The van der Waals surface area contributed by atoms with E-state index < -0.39 is 0 Å². The average Bonchev–Trinajstić information content (AvgIpc) is 2.54. The molecule has 0 spiro atoms. The van der Waals surface area contributed by atoms with Gasteiger partial charge in [0.05, 0.1) is 0 Å². The molecule has 0 radical (unpaired) electrons. The van der Waals surface area contributed by atoms with E-state index in [1.54, 1.807) is 0 Å². The number of nitrogens with zero attached hydrogens (tertiary/aromatic N) is 1. The fourth-order valence-electron chi connectivity index (χ4n) is 2.40. The van der Waals surface area contributed by atoms with E-state index in [9.17, 15) is 0 Å². The van der Waals surface area contributed by atoms with Crippen LogP contribution in [0.15, 0.2) is 16.6 Å². The van der Waals surface area contributed by atoms with Crippen LogP contribution in [0.4, 0.5) is 0 Å². The second-order valence-corrected chi connectivity index (χ2v) is 5.04. The summed E-state index contributed by atoms with van der Waals surface area (Å²) in [7, 11) is 2.15. The molecular weight excluding hydrogens is 250 g/mol. The van der Waals surface area contributed by atoms with Crippen molar-refractivity contribution in [1.29, 1.82) is 0 Å². The van der Waals surface area contributed by atoms with Crippen molar-refractivity contribution >= 4 is 34.2 Å². The first-order chi connectivity index (χ1) is 7.27. The summed E-state index contributed by atoms with van der Waals surface area (Å²) in [5.41, 5.74) is 2.86. The lowest BCUT2D eigenvalue weighted by molar-refractivity contribution is 0.849. The van der Waals surface area contributed by atoms with Crippen molar-refractivity contribution in [2.75, 3.05) is 0 Å². The van der Waals surface area contributed by atoms with Gasteiger partial charge < -0.3 is 4.57 Å². The van der Waals surface area contributed by atoms with Crippen LogP contribution in [-0.2, 0) is 13.5 Å². The Morgan fingerprint density at radius 3 is 3.00 bits per heavy atom. The zero-order chi connectivity index (χ0) is 10.4. The lowest BCUT2D eigenvalue weighted by atomic mass is 10.0. The molecule has 0 N–H and O–H groups in total. The van der Waals surface area contributed by atoms with Gasteiger partial charge in [0.2, 0.25) is 0 Å². The van der Waals surface area contributed by atoms with Crippen molar-refractivity contribution in [2.24, 2.45) is 7.05 Å².